The molecule has 2 rings (SSSR count). The van der Waals surface area contributed by atoms with Crippen molar-refractivity contribution in [2.75, 3.05) is 0 Å². The lowest BCUT2D eigenvalue weighted by atomic mass is 10.4. The molecule has 0 fully saturated rings. The zero-order valence-electron chi connectivity index (χ0n) is 7.41. The lowest BCUT2D eigenvalue weighted by Crippen LogP contribution is -2.13. The SMILES string of the molecule is N=C(N)c1cnc(Sc2nncs2)cn1. The molecule has 0 saturated heterocycles. The van der Waals surface area contributed by atoms with Crippen LogP contribution in [0.4, 0.5) is 0 Å². The van der Waals surface area contributed by atoms with Gasteiger partial charge in [0.15, 0.2) is 4.34 Å². The van der Waals surface area contributed by atoms with E-state index in [-0.39, 0.29) is 5.84 Å². The van der Waals surface area contributed by atoms with Crippen LogP contribution in [0, 0.1) is 5.41 Å². The van der Waals surface area contributed by atoms with E-state index in [1.807, 2.05) is 0 Å². The summed E-state index contributed by atoms with van der Waals surface area (Å²) >= 11 is 2.81. The number of aromatic nitrogens is 4. The largest absolute Gasteiger partial charge is 0.382 e. The number of rotatable bonds is 3. The number of hydrogen-bond donors (Lipinski definition) is 2. The van der Waals surface area contributed by atoms with Gasteiger partial charge in [0.05, 0.1) is 12.4 Å². The van der Waals surface area contributed by atoms with Crippen molar-refractivity contribution in [2.45, 2.75) is 9.37 Å². The zero-order valence-corrected chi connectivity index (χ0v) is 9.05. The fourth-order valence-corrected chi connectivity index (χ4v) is 2.14. The number of nitrogens with one attached hydrogen (secondary N) is 1. The molecule has 0 bridgehead atoms. The van der Waals surface area contributed by atoms with Crippen LogP contribution in [-0.2, 0) is 0 Å². The molecule has 0 aromatic carbocycles. The number of nitrogens with two attached hydrogens (primary N) is 1. The van der Waals surface area contributed by atoms with Crippen LogP contribution in [0.3, 0.4) is 0 Å². The van der Waals surface area contributed by atoms with Gasteiger partial charge in [0.25, 0.3) is 0 Å². The number of hydrogen-bond acceptors (Lipinski definition) is 7. The van der Waals surface area contributed by atoms with Gasteiger partial charge in [0, 0.05) is 0 Å². The average molecular weight is 238 g/mol. The summed E-state index contributed by atoms with van der Waals surface area (Å²) in [5.41, 5.74) is 7.28. The minimum absolute atomic E-state index is 0.0880. The van der Waals surface area contributed by atoms with E-state index in [1.54, 1.807) is 11.7 Å². The van der Waals surface area contributed by atoms with E-state index in [9.17, 15) is 0 Å². The molecule has 6 nitrogen and oxygen atoms in total. The van der Waals surface area contributed by atoms with Gasteiger partial charge in [0.1, 0.15) is 22.1 Å². The van der Waals surface area contributed by atoms with Gasteiger partial charge in [0.2, 0.25) is 0 Å². The molecule has 8 heteroatoms. The van der Waals surface area contributed by atoms with Crippen LogP contribution in [0.1, 0.15) is 5.69 Å². The average Bonchev–Trinajstić information content (AvgIpc) is 2.71. The second kappa shape index (κ2) is 4.32. The number of amidine groups is 1. The Hall–Kier alpha value is -1.54. The third-order valence-electron chi connectivity index (χ3n) is 1.44. The van der Waals surface area contributed by atoms with Crippen LogP contribution in [0.5, 0.6) is 0 Å². The molecular formula is C7H6N6S2. The standard InChI is InChI=1S/C7H6N6S2/c8-6(9)4-1-11-5(2-10-4)15-7-13-12-3-14-7/h1-3H,(H3,8,9). The Labute approximate surface area is 93.5 Å². The van der Waals surface area contributed by atoms with Crippen molar-refractivity contribution < 1.29 is 0 Å². The monoisotopic (exact) mass is 238 g/mol. The first kappa shape index (κ1) is 9.99. The molecule has 3 N–H and O–H groups in total. The minimum Gasteiger partial charge on any atom is -0.382 e. The fraction of sp³-hybridized carbons (Fsp3) is 0. The minimum atomic E-state index is -0.0880. The van der Waals surface area contributed by atoms with Gasteiger partial charge in [-0.2, -0.15) is 0 Å². The Morgan fingerprint density at radius 1 is 1.40 bits per heavy atom. The molecule has 0 aliphatic rings. The molecule has 0 aliphatic carbocycles. The fourth-order valence-electron chi connectivity index (χ4n) is 0.805. The highest BCUT2D eigenvalue weighted by atomic mass is 32.2. The lowest BCUT2D eigenvalue weighted by Gasteiger charge is -1.98. The summed E-state index contributed by atoms with van der Waals surface area (Å²) in [5.74, 6) is -0.0880. The summed E-state index contributed by atoms with van der Waals surface area (Å²) in [4.78, 5) is 8.08. The molecule has 0 amide bonds. The maximum Gasteiger partial charge on any atom is 0.180 e. The zero-order chi connectivity index (χ0) is 10.7. The van der Waals surface area contributed by atoms with E-state index < -0.39 is 0 Å². The highest BCUT2D eigenvalue weighted by Crippen LogP contribution is 2.25. The second-order valence-electron chi connectivity index (χ2n) is 2.46. The van der Waals surface area contributed by atoms with Crippen molar-refractivity contribution in [3.05, 3.63) is 23.6 Å². The molecule has 0 unspecified atom stereocenters. The first-order valence-electron chi connectivity index (χ1n) is 3.86. The van der Waals surface area contributed by atoms with Crippen LogP contribution < -0.4 is 5.73 Å². The molecule has 15 heavy (non-hydrogen) atoms. The normalized spacial score (nSPS) is 10.1. The molecule has 76 valence electrons. The maximum atomic E-state index is 7.15. The summed E-state index contributed by atoms with van der Waals surface area (Å²) in [5, 5.41) is 15.4. The molecule has 2 heterocycles. The summed E-state index contributed by atoms with van der Waals surface area (Å²) in [6, 6.07) is 0. The molecule has 0 aliphatic heterocycles. The Balaban J connectivity index is 2.14. The molecule has 2 aromatic rings. The first-order valence-corrected chi connectivity index (χ1v) is 5.56. The summed E-state index contributed by atoms with van der Waals surface area (Å²) in [7, 11) is 0. The van der Waals surface area contributed by atoms with E-state index in [0.717, 1.165) is 4.34 Å². The van der Waals surface area contributed by atoms with Crippen molar-refractivity contribution in [3.63, 3.8) is 0 Å². The van der Waals surface area contributed by atoms with Gasteiger partial charge < -0.3 is 5.73 Å². The van der Waals surface area contributed by atoms with E-state index in [4.69, 9.17) is 11.1 Å². The topological polar surface area (TPSA) is 101 Å². The Morgan fingerprint density at radius 2 is 2.27 bits per heavy atom. The maximum absolute atomic E-state index is 7.15. The summed E-state index contributed by atoms with van der Waals surface area (Å²) in [6.45, 7) is 0. The Kier molecular flexibility index (Phi) is 2.88. The summed E-state index contributed by atoms with van der Waals surface area (Å²) in [6.07, 6.45) is 3.02. The van der Waals surface area contributed by atoms with E-state index in [0.29, 0.717) is 10.7 Å². The molecule has 0 atom stereocenters. The highest BCUT2D eigenvalue weighted by molar-refractivity contribution is 8.00. The van der Waals surface area contributed by atoms with Crippen molar-refractivity contribution >= 4 is 28.9 Å². The van der Waals surface area contributed by atoms with Gasteiger partial charge >= 0.3 is 0 Å². The Bertz CT molecular complexity index is 451. The van der Waals surface area contributed by atoms with Crippen LogP contribution in [-0.4, -0.2) is 26.0 Å². The van der Waals surface area contributed by atoms with Crippen molar-refractivity contribution in [2.24, 2.45) is 5.73 Å². The predicted octanol–water partition coefficient (Wildman–Crippen LogP) is 0.763. The van der Waals surface area contributed by atoms with Gasteiger partial charge in [-0.15, -0.1) is 10.2 Å². The van der Waals surface area contributed by atoms with Crippen LogP contribution in [0.2, 0.25) is 0 Å². The smallest absolute Gasteiger partial charge is 0.180 e. The van der Waals surface area contributed by atoms with Gasteiger partial charge in [-0.25, -0.2) is 9.97 Å². The number of nitrogens with zero attached hydrogens (tertiary/aromatic N) is 4. The van der Waals surface area contributed by atoms with Gasteiger partial charge in [-0.1, -0.05) is 11.3 Å². The van der Waals surface area contributed by atoms with Crippen LogP contribution >= 0.6 is 23.1 Å². The van der Waals surface area contributed by atoms with Crippen LogP contribution in [0.25, 0.3) is 0 Å². The van der Waals surface area contributed by atoms with E-state index >= 15 is 0 Å². The predicted molar refractivity (Wildman–Crippen MR) is 57.1 cm³/mol. The molecule has 0 radical (unpaired) electrons. The Morgan fingerprint density at radius 3 is 2.80 bits per heavy atom. The van der Waals surface area contributed by atoms with Gasteiger partial charge in [-0.05, 0) is 11.8 Å². The van der Waals surface area contributed by atoms with E-state index in [2.05, 4.69) is 20.2 Å². The van der Waals surface area contributed by atoms with Crippen LogP contribution in [0.15, 0.2) is 27.3 Å². The van der Waals surface area contributed by atoms with Crippen molar-refractivity contribution in [1.82, 2.24) is 20.2 Å². The third-order valence-corrected chi connectivity index (χ3v) is 3.13. The molecule has 0 saturated carbocycles. The molecule has 0 spiro atoms. The molecule has 2 aromatic heterocycles. The third kappa shape index (κ3) is 2.48. The highest BCUT2D eigenvalue weighted by Gasteiger charge is 2.04. The summed E-state index contributed by atoms with van der Waals surface area (Å²) < 4.78 is 0.805. The van der Waals surface area contributed by atoms with Gasteiger partial charge in [-0.3, -0.25) is 5.41 Å². The van der Waals surface area contributed by atoms with Crippen molar-refractivity contribution in [1.29, 1.82) is 5.41 Å². The number of nitrogen functional groups attached to an aromatic ring is 1. The lowest BCUT2D eigenvalue weighted by molar-refractivity contribution is 0.996. The second-order valence-corrected chi connectivity index (χ2v) is 4.56. The molecular weight excluding hydrogens is 232 g/mol. The van der Waals surface area contributed by atoms with E-state index in [1.165, 1.54) is 29.3 Å². The van der Waals surface area contributed by atoms with Crippen molar-refractivity contribution in [3.8, 4) is 0 Å². The first-order chi connectivity index (χ1) is 7.25. The quantitative estimate of drug-likeness (QED) is 0.604.